The maximum atomic E-state index is 12.6. The molecule has 0 atom stereocenters. The summed E-state index contributed by atoms with van der Waals surface area (Å²) < 4.78 is 0. The first-order valence-electron chi connectivity index (χ1n) is 8.39. The lowest BCUT2D eigenvalue weighted by Gasteiger charge is -2.17. The molecule has 0 saturated carbocycles. The standard InChI is InChI=1S/C21H18Cl2N2O2/c1-25(11-10-19(24)26)21(27)14-8-9-15-13(12-14)4-2-5-16(15)17-6-3-7-18(22)20(17)23/h2-9,12H,10-11H2,1H3,(H2,24,26). The summed E-state index contributed by atoms with van der Waals surface area (Å²) in [6, 6.07) is 16.9. The summed E-state index contributed by atoms with van der Waals surface area (Å²) in [6.45, 7) is 0.282. The molecule has 2 amide bonds. The molecule has 0 radical (unpaired) electrons. The van der Waals surface area contributed by atoms with Gasteiger partial charge in [0.05, 0.1) is 10.0 Å². The van der Waals surface area contributed by atoms with Gasteiger partial charge in [-0.05, 0) is 34.5 Å². The van der Waals surface area contributed by atoms with E-state index in [1.54, 1.807) is 19.2 Å². The molecule has 0 aliphatic heterocycles. The molecule has 0 fully saturated rings. The number of nitrogens with zero attached hydrogens (tertiary/aromatic N) is 1. The van der Waals surface area contributed by atoms with Crippen molar-refractivity contribution < 1.29 is 9.59 Å². The molecule has 0 aliphatic carbocycles. The number of nitrogens with two attached hydrogens (primary N) is 1. The van der Waals surface area contributed by atoms with E-state index in [0.29, 0.717) is 15.6 Å². The van der Waals surface area contributed by atoms with Crippen LogP contribution in [0.3, 0.4) is 0 Å². The van der Waals surface area contributed by atoms with Crippen LogP contribution in [0.25, 0.3) is 21.9 Å². The Morgan fingerprint density at radius 3 is 2.44 bits per heavy atom. The number of hydrogen-bond donors (Lipinski definition) is 1. The lowest BCUT2D eigenvalue weighted by molar-refractivity contribution is -0.118. The molecule has 0 aliphatic rings. The molecule has 27 heavy (non-hydrogen) atoms. The van der Waals surface area contributed by atoms with E-state index in [0.717, 1.165) is 21.9 Å². The summed E-state index contributed by atoms with van der Waals surface area (Å²) in [5, 5.41) is 2.88. The fourth-order valence-electron chi connectivity index (χ4n) is 2.96. The van der Waals surface area contributed by atoms with Crippen LogP contribution in [0.4, 0.5) is 0 Å². The van der Waals surface area contributed by atoms with E-state index in [-0.39, 0.29) is 18.9 Å². The third kappa shape index (κ3) is 4.07. The van der Waals surface area contributed by atoms with Crippen LogP contribution in [0.2, 0.25) is 10.0 Å². The highest BCUT2D eigenvalue weighted by atomic mass is 35.5. The van der Waals surface area contributed by atoms with Crippen molar-refractivity contribution in [2.24, 2.45) is 5.73 Å². The normalized spacial score (nSPS) is 10.8. The Morgan fingerprint density at radius 2 is 1.70 bits per heavy atom. The number of amides is 2. The van der Waals surface area contributed by atoms with Crippen molar-refractivity contribution in [3.63, 3.8) is 0 Å². The first kappa shape index (κ1) is 19.2. The van der Waals surface area contributed by atoms with Crippen molar-refractivity contribution >= 4 is 45.8 Å². The number of fused-ring (bicyclic) bond motifs is 1. The zero-order valence-electron chi connectivity index (χ0n) is 14.7. The molecule has 2 N–H and O–H groups in total. The predicted molar refractivity (Wildman–Crippen MR) is 110 cm³/mol. The molecule has 0 spiro atoms. The van der Waals surface area contributed by atoms with Crippen molar-refractivity contribution in [1.82, 2.24) is 4.90 Å². The van der Waals surface area contributed by atoms with E-state index in [9.17, 15) is 9.59 Å². The highest BCUT2D eigenvalue weighted by Crippen LogP contribution is 2.37. The minimum Gasteiger partial charge on any atom is -0.370 e. The Hall–Kier alpha value is -2.56. The van der Waals surface area contributed by atoms with E-state index in [1.165, 1.54) is 4.90 Å². The zero-order chi connectivity index (χ0) is 19.6. The Labute approximate surface area is 167 Å². The summed E-state index contributed by atoms with van der Waals surface area (Å²) in [4.78, 5) is 25.0. The average molecular weight is 401 g/mol. The van der Waals surface area contributed by atoms with E-state index in [1.807, 2.05) is 42.5 Å². The summed E-state index contributed by atoms with van der Waals surface area (Å²) in [6.07, 6.45) is 0.132. The number of hydrogen-bond acceptors (Lipinski definition) is 2. The van der Waals surface area contributed by atoms with Gasteiger partial charge in [-0.25, -0.2) is 0 Å². The van der Waals surface area contributed by atoms with Crippen LogP contribution >= 0.6 is 23.2 Å². The molecule has 0 saturated heterocycles. The quantitative estimate of drug-likeness (QED) is 0.670. The minimum atomic E-state index is -0.434. The van der Waals surface area contributed by atoms with Gasteiger partial charge >= 0.3 is 0 Å². The molecule has 4 nitrogen and oxygen atoms in total. The van der Waals surface area contributed by atoms with Gasteiger partial charge in [0.1, 0.15) is 0 Å². The average Bonchev–Trinajstić information content (AvgIpc) is 2.66. The van der Waals surface area contributed by atoms with Crippen LogP contribution in [0.1, 0.15) is 16.8 Å². The molecule has 3 aromatic carbocycles. The van der Waals surface area contributed by atoms with Gasteiger partial charge in [-0.15, -0.1) is 0 Å². The Kier molecular flexibility index (Phi) is 5.68. The third-order valence-electron chi connectivity index (χ3n) is 4.41. The Morgan fingerprint density at radius 1 is 1.00 bits per heavy atom. The smallest absolute Gasteiger partial charge is 0.253 e. The largest absolute Gasteiger partial charge is 0.370 e. The molecule has 0 unspecified atom stereocenters. The topological polar surface area (TPSA) is 63.4 Å². The summed E-state index contributed by atoms with van der Waals surface area (Å²) >= 11 is 12.5. The molecule has 3 aromatic rings. The van der Waals surface area contributed by atoms with Crippen molar-refractivity contribution in [2.75, 3.05) is 13.6 Å². The molecule has 0 aromatic heterocycles. The van der Waals surface area contributed by atoms with Crippen LogP contribution in [0.5, 0.6) is 0 Å². The van der Waals surface area contributed by atoms with Crippen LogP contribution in [0.15, 0.2) is 54.6 Å². The number of carbonyl (C=O) groups excluding carboxylic acids is 2. The summed E-state index contributed by atoms with van der Waals surface area (Å²) in [7, 11) is 1.65. The second-order valence-electron chi connectivity index (χ2n) is 6.29. The van der Waals surface area contributed by atoms with Gasteiger partial charge in [-0.2, -0.15) is 0 Å². The summed E-state index contributed by atoms with van der Waals surface area (Å²) in [5.74, 6) is -0.597. The SMILES string of the molecule is CN(CCC(N)=O)C(=O)c1ccc2c(-c3cccc(Cl)c3Cl)cccc2c1. The molecule has 0 heterocycles. The number of rotatable bonds is 5. The van der Waals surface area contributed by atoms with Gasteiger partial charge < -0.3 is 10.6 Å². The zero-order valence-corrected chi connectivity index (χ0v) is 16.2. The molecular formula is C21H18Cl2N2O2. The first-order chi connectivity index (χ1) is 12.9. The fraction of sp³-hybridized carbons (Fsp3) is 0.143. The molecule has 138 valence electrons. The second-order valence-corrected chi connectivity index (χ2v) is 7.07. The van der Waals surface area contributed by atoms with E-state index >= 15 is 0 Å². The Balaban J connectivity index is 1.99. The van der Waals surface area contributed by atoms with Gasteiger partial charge in [0, 0.05) is 31.1 Å². The number of carbonyl (C=O) groups is 2. The highest BCUT2D eigenvalue weighted by Gasteiger charge is 2.15. The first-order valence-corrected chi connectivity index (χ1v) is 9.15. The van der Waals surface area contributed by atoms with Crippen LogP contribution in [-0.4, -0.2) is 30.3 Å². The lowest BCUT2D eigenvalue weighted by atomic mass is 9.96. The monoisotopic (exact) mass is 400 g/mol. The number of halogens is 2. The number of primary amides is 1. The van der Waals surface area contributed by atoms with Crippen LogP contribution < -0.4 is 5.73 Å². The molecule has 0 bridgehead atoms. The van der Waals surface area contributed by atoms with Gasteiger partial charge in [0.2, 0.25) is 5.91 Å². The van der Waals surface area contributed by atoms with Gasteiger partial charge in [-0.3, -0.25) is 9.59 Å². The predicted octanol–water partition coefficient (Wildman–Crippen LogP) is 4.76. The Bertz CT molecular complexity index is 1030. The molecule has 3 rings (SSSR count). The minimum absolute atomic E-state index is 0.132. The van der Waals surface area contributed by atoms with Gasteiger partial charge in [0.25, 0.3) is 5.91 Å². The van der Waals surface area contributed by atoms with Gasteiger partial charge in [-0.1, -0.05) is 59.6 Å². The molecular weight excluding hydrogens is 383 g/mol. The van der Waals surface area contributed by atoms with Crippen molar-refractivity contribution in [2.45, 2.75) is 6.42 Å². The van der Waals surface area contributed by atoms with Gasteiger partial charge in [0.15, 0.2) is 0 Å². The van der Waals surface area contributed by atoms with Crippen molar-refractivity contribution in [1.29, 1.82) is 0 Å². The number of benzene rings is 3. The van der Waals surface area contributed by atoms with Crippen molar-refractivity contribution in [3.05, 3.63) is 70.2 Å². The molecule has 6 heteroatoms. The third-order valence-corrected chi connectivity index (χ3v) is 5.23. The second kappa shape index (κ2) is 7.99. The highest BCUT2D eigenvalue weighted by molar-refractivity contribution is 6.44. The summed E-state index contributed by atoms with van der Waals surface area (Å²) in [5.41, 5.74) is 7.48. The maximum absolute atomic E-state index is 12.6. The van der Waals surface area contributed by atoms with E-state index in [4.69, 9.17) is 28.9 Å². The van der Waals surface area contributed by atoms with E-state index < -0.39 is 5.91 Å². The van der Waals surface area contributed by atoms with Crippen LogP contribution in [0, 0.1) is 0 Å². The van der Waals surface area contributed by atoms with Crippen LogP contribution in [-0.2, 0) is 4.79 Å². The fourth-order valence-corrected chi connectivity index (χ4v) is 3.37. The van der Waals surface area contributed by atoms with E-state index in [2.05, 4.69) is 0 Å². The van der Waals surface area contributed by atoms with Crippen molar-refractivity contribution in [3.8, 4) is 11.1 Å². The maximum Gasteiger partial charge on any atom is 0.253 e. The lowest BCUT2D eigenvalue weighted by Crippen LogP contribution is -2.30.